The molecule has 0 spiro atoms. The van der Waals surface area contributed by atoms with Crippen molar-refractivity contribution in [1.29, 1.82) is 0 Å². The molecule has 0 unspecified atom stereocenters. The van der Waals surface area contributed by atoms with Crippen LogP contribution in [-0.2, 0) is 5.41 Å². The lowest BCUT2D eigenvalue weighted by Gasteiger charge is -2.35. The van der Waals surface area contributed by atoms with Gasteiger partial charge in [-0.1, -0.05) is 200 Å². The second-order valence-electron chi connectivity index (χ2n) is 17.1. The minimum Gasteiger partial charge on any atom is -0.456 e. The molecule has 0 saturated carbocycles. The van der Waals surface area contributed by atoms with Crippen molar-refractivity contribution in [3.05, 3.63) is 271 Å². The van der Waals surface area contributed by atoms with Gasteiger partial charge in [0, 0.05) is 27.7 Å². The number of fused-ring (bicyclic) bond motifs is 9. The van der Waals surface area contributed by atoms with Gasteiger partial charge in [-0.2, -0.15) is 0 Å². The average molecular weight is 828 g/mol. The van der Waals surface area contributed by atoms with Crippen LogP contribution in [0.2, 0.25) is 0 Å². The van der Waals surface area contributed by atoms with Crippen molar-refractivity contribution in [1.82, 2.24) is 0 Å². The molecule has 11 aromatic carbocycles. The van der Waals surface area contributed by atoms with Crippen molar-refractivity contribution in [3.8, 4) is 33.4 Å². The van der Waals surface area contributed by atoms with Crippen molar-refractivity contribution < 1.29 is 4.42 Å². The van der Waals surface area contributed by atoms with Crippen LogP contribution in [0, 0.1) is 0 Å². The average Bonchev–Trinajstić information content (AvgIpc) is 3.91. The van der Waals surface area contributed by atoms with Crippen molar-refractivity contribution in [2.24, 2.45) is 0 Å². The largest absolute Gasteiger partial charge is 0.456 e. The van der Waals surface area contributed by atoms with Crippen LogP contribution in [0.25, 0.3) is 76.9 Å². The number of rotatable bonds is 7. The second kappa shape index (κ2) is 14.8. The first-order valence-electron chi connectivity index (χ1n) is 22.4. The molecule has 304 valence electrons. The van der Waals surface area contributed by atoms with Crippen molar-refractivity contribution >= 4 is 60.5 Å². The summed E-state index contributed by atoms with van der Waals surface area (Å²) in [4.78, 5) is 2.48. The van der Waals surface area contributed by atoms with Gasteiger partial charge in [-0.15, -0.1) is 0 Å². The standard InChI is InChI=1S/C63H41NO/c1-3-18-42(19-4-1)43-34-36-47(37-35-43)64(48-24-17-23-46(41-48)63(45-21-5-2-6-22-45)56-31-14-11-28-52(56)53-29-12-15-32-57(53)63)58-38-39-60-62(54-30-13-16-33-59(54)65-60)61(58)55-40-44-20-7-8-25-49(44)50-26-9-10-27-51(50)55/h1-41H. The number of anilines is 3. The summed E-state index contributed by atoms with van der Waals surface area (Å²) in [5.74, 6) is 0. The number of hydrogen-bond donors (Lipinski definition) is 0. The number of para-hydroxylation sites is 1. The minimum absolute atomic E-state index is 0.560. The number of benzene rings is 11. The van der Waals surface area contributed by atoms with Gasteiger partial charge in [0.2, 0.25) is 0 Å². The van der Waals surface area contributed by atoms with Gasteiger partial charge in [-0.05, 0) is 120 Å². The molecular weight excluding hydrogens is 787 g/mol. The van der Waals surface area contributed by atoms with Gasteiger partial charge < -0.3 is 9.32 Å². The molecule has 2 heteroatoms. The first-order valence-corrected chi connectivity index (χ1v) is 22.4. The topological polar surface area (TPSA) is 16.4 Å². The van der Waals surface area contributed by atoms with Crippen LogP contribution in [0.1, 0.15) is 22.3 Å². The lowest BCUT2D eigenvalue weighted by atomic mass is 9.67. The zero-order valence-electron chi connectivity index (χ0n) is 35.5. The Labute approximate surface area is 377 Å². The second-order valence-corrected chi connectivity index (χ2v) is 17.1. The normalized spacial score (nSPS) is 12.7. The monoisotopic (exact) mass is 827 g/mol. The van der Waals surface area contributed by atoms with Gasteiger partial charge in [0.25, 0.3) is 0 Å². The first kappa shape index (κ1) is 37.1. The maximum Gasteiger partial charge on any atom is 0.136 e. The van der Waals surface area contributed by atoms with Gasteiger partial charge in [0.1, 0.15) is 11.2 Å². The van der Waals surface area contributed by atoms with Gasteiger partial charge in [0.15, 0.2) is 0 Å². The van der Waals surface area contributed by atoms with E-state index in [1.807, 2.05) is 0 Å². The fourth-order valence-electron chi connectivity index (χ4n) is 11.0. The van der Waals surface area contributed by atoms with E-state index < -0.39 is 5.41 Å². The summed E-state index contributed by atoms with van der Waals surface area (Å²) in [5, 5.41) is 7.04. The Hall–Kier alpha value is -8.46. The molecule has 0 radical (unpaired) electrons. The summed E-state index contributed by atoms with van der Waals surface area (Å²) in [6.07, 6.45) is 0. The number of hydrogen-bond acceptors (Lipinski definition) is 2. The quantitative estimate of drug-likeness (QED) is 0.149. The van der Waals surface area contributed by atoms with E-state index in [1.165, 1.54) is 66.1 Å². The molecular formula is C63H41NO. The van der Waals surface area contributed by atoms with Gasteiger partial charge >= 0.3 is 0 Å². The third-order valence-corrected chi connectivity index (χ3v) is 13.7. The molecule has 1 aromatic heterocycles. The van der Waals surface area contributed by atoms with Crippen molar-refractivity contribution in [2.45, 2.75) is 5.41 Å². The zero-order chi connectivity index (χ0) is 42.9. The summed E-state index contributed by atoms with van der Waals surface area (Å²) >= 11 is 0. The molecule has 1 aliphatic rings. The zero-order valence-corrected chi connectivity index (χ0v) is 35.5. The highest BCUT2D eigenvalue weighted by molar-refractivity contribution is 6.22. The predicted molar refractivity (Wildman–Crippen MR) is 272 cm³/mol. The molecule has 0 aliphatic heterocycles. The maximum atomic E-state index is 6.72. The molecule has 2 nitrogen and oxygen atoms in total. The smallest absolute Gasteiger partial charge is 0.136 e. The first-order chi connectivity index (χ1) is 32.3. The Morgan fingerprint density at radius 1 is 0.338 bits per heavy atom. The number of furan rings is 1. The number of nitrogens with zero attached hydrogens (tertiary/aromatic N) is 1. The molecule has 0 atom stereocenters. The van der Waals surface area contributed by atoms with Crippen LogP contribution in [0.15, 0.2) is 253 Å². The summed E-state index contributed by atoms with van der Waals surface area (Å²) in [5.41, 5.74) is 16.6. The molecule has 0 saturated heterocycles. The Bertz CT molecular complexity index is 3730. The maximum absolute atomic E-state index is 6.72. The fraction of sp³-hybridized carbons (Fsp3) is 0.0159. The molecule has 0 bridgehead atoms. The van der Waals surface area contributed by atoms with Crippen LogP contribution in [0.3, 0.4) is 0 Å². The Balaban J connectivity index is 1.14. The van der Waals surface area contributed by atoms with E-state index in [-0.39, 0.29) is 0 Å². The molecule has 13 rings (SSSR count). The molecule has 0 amide bonds. The molecule has 12 aromatic rings. The Morgan fingerprint density at radius 3 is 1.68 bits per heavy atom. The Morgan fingerprint density at radius 2 is 0.923 bits per heavy atom. The van der Waals surface area contributed by atoms with E-state index in [0.29, 0.717) is 0 Å². The van der Waals surface area contributed by atoms with Crippen molar-refractivity contribution in [2.75, 3.05) is 4.90 Å². The van der Waals surface area contributed by atoms with E-state index >= 15 is 0 Å². The SMILES string of the molecule is c1ccc(-c2ccc(N(c3cccc(C4(c5ccccc5)c5ccccc5-c5ccccc54)c3)c3ccc4oc5ccccc5c4c3-c3cc4ccccc4c4ccccc34)cc2)cc1. The van der Waals surface area contributed by atoms with Crippen LogP contribution in [0.4, 0.5) is 17.1 Å². The van der Waals surface area contributed by atoms with Gasteiger partial charge in [0.05, 0.1) is 11.1 Å². The highest BCUT2D eigenvalue weighted by atomic mass is 16.3. The van der Waals surface area contributed by atoms with Gasteiger partial charge in [-0.25, -0.2) is 0 Å². The van der Waals surface area contributed by atoms with Crippen LogP contribution in [0.5, 0.6) is 0 Å². The molecule has 0 fully saturated rings. The lowest BCUT2D eigenvalue weighted by molar-refractivity contribution is 0.669. The lowest BCUT2D eigenvalue weighted by Crippen LogP contribution is -2.28. The van der Waals surface area contributed by atoms with E-state index in [4.69, 9.17) is 4.42 Å². The van der Waals surface area contributed by atoms with E-state index in [0.717, 1.165) is 50.1 Å². The highest BCUT2D eigenvalue weighted by Crippen LogP contribution is 2.57. The Kier molecular flexibility index (Phi) is 8.47. The van der Waals surface area contributed by atoms with Gasteiger partial charge in [-0.3, -0.25) is 0 Å². The third kappa shape index (κ3) is 5.67. The molecule has 1 heterocycles. The van der Waals surface area contributed by atoms with Crippen LogP contribution < -0.4 is 4.90 Å². The minimum atomic E-state index is -0.560. The van der Waals surface area contributed by atoms with Crippen molar-refractivity contribution in [3.63, 3.8) is 0 Å². The summed E-state index contributed by atoms with van der Waals surface area (Å²) in [7, 11) is 0. The molecule has 65 heavy (non-hydrogen) atoms. The van der Waals surface area contributed by atoms with Crippen LogP contribution >= 0.6 is 0 Å². The van der Waals surface area contributed by atoms with E-state index in [1.54, 1.807) is 0 Å². The fourth-order valence-corrected chi connectivity index (χ4v) is 11.0. The third-order valence-electron chi connectivity index (χ3n) is 13.7. The van der Waals surface area contributed by atoms with Crippen LogP contribution in [-0.4, -0.2) is 0 Å². The van der Waals surface area contributed by atoms with E-state index in [9.17, 15) is 0 Å². The molecule has 1 aliphatic carbocycles. The summed E-state index contributed by atoms with van der Waals surface area (Å²) < 4.78 is 6.72. The van der Waals surface area contributed by atoms with E-state index in [2.05, 4.69) is 254 Å². The summed E-state index contributed by atoms with van der Waals surface area (Å²) in [6, 6.07) is 91.0. The summed E-state index contributed by atoms with van der Waals surface area (Å²) in [6.45, 7) is 0. The highest BCUT2D eigenvalue weighted by Gasteiger charge is 2.46. The predicted octanol–water partition coefficient (Wildman–Crippen LogP) is 17.1. The molecule has 0 N–H and O–H groups in total.